The number of allylic oxidation sites excluding steroid dienone is 3. The summed E-state index contributed by atoms with van der Waals surface area (Å²) in [5, 5.41) is 18.5. The summed E-state index contributed by atoms with van der Waals surface area (Å²) < 4.78 is 34.5. The number of fused-ring (bicyclic) bond motifs is 2. The van der Waals surface area contributed by atoms with Crippen LogP contribution >= 0.6 is 11.6 Å². The molecule has 0 amide bonds. The highest BCUT2D eigenvalue weighted by Gasteiger charge is 2.56. The molecule has 8 heteroatoms. The van der Waals surface area contributed by atoms with Crippen LogP contribution in [0, 0.1) is 0 Å². The van der Waals surface area contributed by atoms with E-state index >= 15 is 0 Å². The monoisotopic (exact) mass is 484 g/mol. The lowest BCUT2D eigenvalue weighted by atomic mass is 9.83. The number of nitrogens with zero attached hydrogens (tertiary/aromatic N) is 1. The number of hydrogen-bond acceptors (Lipinski definition) is 5. The minimum Gasteiger partial charge on any atom is -0.508 e. The molecule has 0 spiro atoms. The Morgan fingerprint density at radius 2 is 1.55 bits per heavy atom. The van der Waals surface area contributed by atoms with Crippen LogP contribution in [0.2, 0.25) is 0 Å². The minimum atomic E-state index is -3.84. The lowest BCUT2D eigenvalue weighted by Crippen LogP contribution is -2.38. The summed E-state index contributed by atoms with van der Waals surface area (Å²) in [6.45, 7) is 3.83. The van der Waals surface area contributed by atoms with Crippen LogP contribution in [-0.2, 0) is 14.8 Å². The second-order valence-electron chi connectivity index (χ2n) is 8.37. The largest absolute Gasteiger partial charge is 0.508 e. The topological polar surface area (TPSA) is 86.8 Å². The van der Waals surface area contributed by atoms with Gasteiger partial charge in [0.05, 0.1) is 11.5 Å². The van der Waals surface area contributed by atoms with Gasteiger partial charge in [0.15, 0.2) is 12.0 Å². The molecule has 3 aliphatic rings. The molecule has 2 aliphatic heterocycles. The molecule has 1 fully saturated rings. The lowest BCUT2D eigenvalue weighted by molar-refractivity contribution is -0.289. The molecule has 33 heavy (non-hydrogen) atoms. The zero-order valence-corrected chi connectivity index (χ0v) is 19.2. The molecule has 0 saturated carbocycles. The van der Waals surface area contributed by atoms with Crippen molar-refractivity contribution < 1.29 is 27.3 Å². The average molecular weight is 485 g/mol. The van der Waals surface area contributed by atoms with E-state index in [1.54, 1.807) is 66.8 Å². The van der Waals surface area contributed by atoms with Crippen molar-refractivity contribution in [3.63, 3.8) is 0 Å². The number of halogens is 1. The van der Waals surface area contributed by atoms with Gasteiger partial charge in [0.2, 0.25) is 5.70 Å². The van der Waals surface area contributed by atoms with Gasteiger partial charge in [0.25, 0.3) is 0 Å². The molecule has 0 aromatic heterocycles. The fourth-order valence-electron chi connectivity index (χ4n) is 4.72. The summed E-state index contributed by atoms with van der Waals surface area (Å²) in [6.07, 6.45) is 4.93. The van der Waals surface area contributed by atoms with Crippen molar-refractivity contribution in [2.24, 2.45) is 0 Å². The summed E-state index contributed by atoms with van der Waals surface area (Å²) in [5.41, 5.74) is 3.79. The van der Waals surface area contributed by atoms with E-state index in [0.29, 0.717) is 18.5 Å². The van der Waals surface area contributed by atoms with E-state index in [-0.39, 0.29) is 16.9 Å². The second-order valence-corrected chi connectivity index (χ2v) is 11.0. The molecule has 2 N–H and O–H groups in total. The van der Waals surface area contributed by atoms with Gasteiger partial charge in [-0.05, 0) is 59.0 Å². The second kappa shape index (κ2) is 8.17. The van der Waals surface area contributed by atoms with Gasteiger partial charge < -0.3 is 14.9 Å². The summed E-state index contributed by atoms with van der Waals surface area (Å²) in [6, 6.07) is 13.4. The van der Waals surface area contributed by atoms with Gasteiger partial charge in [-0.25, -0.2) is 0 Å². The molecule has 2 aromatic rings. The normalized spacial score (nSPS) is 26.5. The molecule has 1 aliphatic carbocycles. The zero-order chi connectivity index (χ0) is 23.3. The Kier molecular flexibility index (Phi) is 5.43. The van der Waals surface area contributed by atoms with Gasteiger partial charge in [-0.3, -0.25) is 0 Å². The summed E-state index contributed by atoms with van der Waals surface area (Å²) in [4.78, 5) is 0. The summed E-state index contributed by atoms with van der Waals surface area (Å²) in [7, 11) is -3.84. The zero-order valence-electron chi connectivity index (χ0n) is 17.6. The predicted octanol–water partition coefficient (Wildman–Crippen LogP) is 4.04. The quantitative estimate of drug-likeness (QED) is 0.380. The van der Waals surface area contributed by atoms with E-state index in [0.717, 1.165) is 26.3 Å². The molecule has 6 nitrogen and oxygen atoms in total. The fourth-order valence-corrected chi connectivity index (χ4v) is 6.57. The summed E-state index contributed by atoms with van der Waals surface area (Å²) >= 11 is 6.08. The Morgan fingerprint density at radius 1 is 0.970 bits per heavy atom. The van der Waals surface area contributed by atoms with Crippen LogP contribution < -0.4 is 0 Å². The van der Waals surface area contributed by atoms with Gasteiger partial charge in [0.1, 0.15) is 17.6 Å². The Bertz CT molecular complexity index is 1310. The average Bonchev–Trinajstić information content (AvgIpc) is 3.40. The van der Waals surface area contributed by atoms with Crippen LogP contribution in [0.1, 0.15) is 24.0 Å². The predicted molar refractivity (Wildman–Crippen MR) is 128 cm³/mol. The molecule has 2 heterocycles. The molecule has 0 radical (unpaired) electrons. The first-order valence-corrected chi connectivity index (χ1v) is 12.5. The smallest absolute Gasteiger partial charge is 0.375 e. The first-order chi connectivity index (χ1) is 15.8. The lowest BCUT2D eigenvalue weighted by Gasteiger charge is -2.23. The van der Waals surface area contributed by atoms with E-state index < -0.39 is 27.5 Å². The minimum absolute atomic E-state index is 0.122. The molecule has 2 bridgehead atoms. The summed E-state index contributed by atoms with van der Waals surface area (Å²) in [5.74, 6) is 0.270. The van der Waals surface area contributed by atoms with Crippen molar-refractivity contribution >= 4 is 39.5 Å². The Morgan fingerprint density at radius 3 is 2.09 bits per heavy atom. The van der Waals surface area contributed by atoms with Gasteiger partial charge in [0, 0.05) is 12.5 Å². The van der Waals surface area contributed by atoms with E-state index in [4.69, 9.17) is 16.3 Å². The van der Waals surface area contributed by atoms with Gasteiger partial charge >= 0.3 is 10.0 Å². The number of rotatable bonds is 5. The van der Waals surface area contributed by atoms with Gasteiger partial charge in [-0.2, -0.15) is 8.42 Å². The standard InChI is InChI=1S/C25H22ClNO5S/c1-27(18-8-6-17(26)7-9-18)33(30,31)22-14-21-23(15-2-10-19(28)11-3-15)24(25(22)32-21)16-4-12-20(29)13-5-16/h2-6,8-13,17,21-22,25H,1,7,14H2,(H-,28,29)/p+1/t17?,21-,22+,25+/m0/s1. The SMILES string of the molecule is C=[N+](C1=CCC(Cl)C=C1)S(=O)(=O)[C@@H]1C[C@@H]2O[C@H]1C(c1ccc(O)cc1)=C2c1ccc(O)cc1. The van der Waals surface area contributed by atoms with Crippen molar-refractivity contribution in [2.45, 2.75) is 35.7 Å². The van der Waals surface area contributed by atoms with Crippen LogP contribution in [-0.4, -0.2) is 52.2 Å². The maximum absolute atomic E-state index is 13.6. The van der Waals surface area contributed by atoms with Gasteiger partial charge in [-0.1, -0.05) is 34.3 Å². The number of aromatic hydroxyl groups is 2. The third-order valence-corrected chi connectivity index (χ3v) is 8.71. The molecule has 5 rings (SSSR count). The van der Waals surface area contributed by atoms with Crippen molar-refractivity contribution in [3.8, 4) is 11.5 Å². The maximum Gasteiger partial charge on any atom is 0.375 e. The van der Waals surface area contributed by atoms with Crippen LogP contribution in [0.5, 0.6) is 11.5 Å². The van der Waals surface area contributed by atoms with Crippen molar-refractivity contribution in [1.82, 2.24) is 0 Å². The Labute approximate surface area is 197 Å². The molecule has 2 aromatic carbocycles. The highest BCUT2D eigenvalue weighted by Crippen LogP contribution is 2.51. The number of ether oxygens (including phenoxy) is 1. The van der Waals surface area contributed by atoms with Crippen molar-refractivity contribution in [1.29, 1.82) is 0 Å². The maximum atomic E-state index is 13.6. The Balaban J connectivity index is 1.57. The number of phenols is 2. The van der Waals surface area contributed by atoms with Gasteiger partial charge in [-0.15, -0.1) is 11.6 Å². The molecule has 1 saturated heterocycles. The van der Waals surface area contributed by atoms with E-state index in [1.165, 1.54) is 0 Å². The van der Waals surface area contributed by atoms with Crippen LogP contribution in [0.25, 0.3) is 11.1 Å². The fraction of sp³-hybridized carbons (Fsp3) is 0.240. The van der Waals surface area contributed by atoms with Crippen molar-refractivity contribution in [3.05, 3.63) is 83.6 Å². The first-order valence-electron chi connectivity index (χ1n) is 10.6. The molecular weight excluding hydrogens is 462 g/mol. The van der Waals surface area contributed by atoms with Crippen LogP contribution in [0.4, 0.5) is 0 Å². The van der Waals surface area contributed by atoms with E-state index in [2.05, 4.69) is 6.72 Å². The van der Waals surface area contributed by atoms with E-state index in [9.17, 15) is 18.6 Å². The third-order valence-electron chi connectivity index (χ3n) is 6.35. The van der Waals surface area contributed by atoms with E-state index in [1.807, 2.05) is 0 Å². The molecule has 170 valence electrons. The molecular formula is C25H23ClNO5S+. The molecule has 4 atom stereocenters. The van der Waals surface area contributed by atoms with Crippen LogP contribution in [0.3, 0.4) is 0 Å². The third kappa shape index (κ3) is 3.80. The first kappa shape index (κ1) is 21.9. The highest BCUT2D eigenvalue weighted by molar-refractivity contribution is 7.86. The van der Waals surface area contributed by atoms with Crippen LogP contribution in [0.15, 0.2) is 72.5 Å². The number of benzene rings is 2. The number of sulfonamides is 1. The van der Waals surface area contributed by atoms with Crippen molar-refractivity contribution in [2.75, 3.05) is 0 Å². The Hall–Kier alpha value is -2.87. The number of alkyl halides is 1. The number of hydrogen-bond donors (Lipinski definition) is 2. The number of phenolic OH excluding ortho intramolecular Hbond substituents is 2. The highest BCUT2D eigenvalue weighted by atomic mass is 35.5. The molecule has 1 unspecified atom stereocenters.